The number of carboxylic acid groups (broad SMARTS) is 1. The number of aromatic carboxylic acids is 1. The van der Waals surface area contributed by atoms with Gasteiger partial charge < -0.3 is 5.11 Å². The van der Waals surface area contributed by atoms with Crippen LogP contribution in [0.2, 0.25) is 0 Å². The number of Topliss-reactive ketones (excluding diaryl/α,β-unsaturated/α-hetero) is 1. The third-order valence-electron chi connectivity index (χ3n) is 6.92. The number of unbranched alkanes of at least 4 members (excludes halogenated alkanes) is 2. The Balaban J connectivity index is 1.38. The molecule has 6 nitrogen and oxygen atoms in total. The first kappa shape index (κ1) is 23.9. The lowest BCUT2D eigenvalue weighted by Gasteiger charge is -2.27. The Bertz CT molecular complexity index is 1120. The average Bonchev–Trinajstić information content (AvgIpc) is 3.33. The van der Waals surface area contributed by atoms with E-state index < -0.39 is 5.97 Å². The van der Waals surface area contributed by atoms with Crippen molar-refractivity contribution in [3.05, 3.63) is 71.3 Å². The molecule has 0 amide bonds. The summed E-state index contributed by atoms with van der Waals surface area (Å²) in [6.07, 6.45) is 9.77. The number of benzene rings is 2. The summed E-state index contributed by atoms with van der Waals surface area (Å²) >= 11 is 0. The second-order valence-electron chi connectivity index (χ2n) is 9.42. The molecular weight excluding hydrogens is 426 g/mol. The lowest BCUT2D eigenvalue weighted by Crippen LogP contribution is -2.24. The molecule has 0 aliphatic heterocycles. The minimum Gasteiger partial charge on any atom is -0.478 e. The van der Waals surface area contributed by atoms with E-state index in [1.54, 1.807) is 12.1 Å². The molecule has 0 saturated heterocycles. The van der Waals surface area contributed by atoms with Crippen LogP contribution in [0, 0.1) is 11.8 Å². The van der Waals surface area contributed by atoms with Crippen molar-refractivity contribution in [3.63, 3.8) is 0 Å². The van der Waals surface area contributed by atoms with E-state index in [9.17, 15) is 14.7 Å². The van der Waals surface area contributed by atoms with Gasteiger partial charge in [-0.2, -0.15) is 5.10 Å². The number of carbonyl (C=O) groups excluding carboxylic acids is 1. The van der Waals surface area contributed by atoms with Crippen molar-refractivity contribution in [2.24, 2.45) is 11.8 Å². The largest absolute Gasteiger partial charge is 0.478 e. The number of nitrogens with zero attached hydrogens (tertiary/aromatic N) is 2. The van der Waals surface area contributed by atoms with Gasteiger partial charge in [0.2, 0.25) is 11.6 Å². The Morgan fingerprint density at radius 3 is 2.62 bits per heavy atom. The first-order chi connectivity index (χ1) is 16.5. The highest BCUT2D eigenvalue weighted by Crippen LogP contribution is 2.34. The molecule has 1 fully saturated rings. The summed E-state index contributed by atoms with van der Waals surface area (Å²) < 4.78 is 0. The summed E-state index contributed by atoms with van der Waals surface area (Å²) in [4.78, 5) is 29.0. The highest BCUT2D eigenvalue weighted by atomic mass is 16.4. The van der Waals surface area contributed by atoms with Gasteiger partial charge in [0.25, 0.3) is 0 Å². The summed E-state index contributed by atoms with van der Waals surface area (Å²) in [7, 11) is 0. The van der Waals surface area contributed by atoms with Crippen LogP contribution in [0.4, 0.5) is 0 Å². The summed E-state index contributed by atoms with van der Waals surface area (Å²) in [5.41, 5.74) is 2.83. The van der Waals surface area contributed by atoms with Gasteiger partial charge in [-0.3, -0.25) is 9.89 Å². The fraction of sp³-hybridized carbons (Fsp3) is 0.429. The topological polar surface area (TPSA) is 95.9 Å². The van der Waals surface area contributed by atoms with Crippen LogP contribution in [0.15, 0.2) is 48.5 Å². The van der Waals surface area contributed by atoms with Gasteiger partial charge >= 0.3 is 5.97 Å². The molecular formula is C28H33N3O3. The summed E-state index contributed by atoms with van der Waals surface area (Å²) in [5, 5.41) is 16.6. The molecule has 3 aromatic rings. The summed E-state index contributed by atoms with van der Waals surface area (Å²) in [6.45, 7) is 2.22. The quantitative estimate of drug-likeness (QED) is 0.273. The fourth-order valence-electron chi connectivity index (χ4n) is 5.06. The molecule has 2 aromatic carbocycles. The monoisotopic (exact) mass is 459 g/mol. The van der Waals surface area contributed by atoms with Crippen molar-refractivity contribution < 1.29 is 14.7 Å². The van der Waals surface area contributed by atoms with Crippen molar-refractivity contribution in [1.82, 2.24) is 15.2 Å². The van der Waals surface area contributed by atoms with Gasteiger partial charge in [0.15, 0.2) is 0 Å². The van der Waals surface area contributed by atoms with E-state index in [4.69, 9.17) is 0 Å². The number of hydrogen-bond donors (Lipinski definition) is 2. The number of H-pyrrole nitrogens is 1. The van der Waals surface area contributed by atoms with Crippen LogP contribution in [0.3, 0.4) is 0 Å². The van der Waals surface area contributed by atoms with Crippen LogP contribution in [0.25, 0.3) is 11.1 Å². The fourth-order valence-corrected chi connectivity index (χ4v) is 5.06. The lowest BCUT2D eigenvalue weighted by molar-refractivity contribution is 0.0697. The summed E-state index contributed by atoms with van der Waals surface area (Å²) in [6, 6.07) is 14.7. The van der Waals surface area contributed by atoms with E-state index in [0.717, 1.165) is 30.4 Å². The molecule has 34 heavy (non-hydrogen) atoms. The average molecular weight is 460 g/mol. The van der Waals surface area contributed by atoms with Gasteiger partial charge in [-0.25, -0.2) is 9.78 Å². The van der Waals surface area contributed by atoms with Crippen molar-refractivity contribution in [1.29, 1.82) is 0 Å². The zero-order valence-electron chi connectivity index (χ0n) is 19.8. The van der Waals surface area contributed by atoms with Gasteiger partial charge in [-0.05, 0) is 41.5 Å². The number of hydrogen-bond acceptors (Lipinski definition) is 4. The SMILES string of the molecule is CCCCCC1CCCC(C(=O)c2n[nH]c(Cc3ccc(-c4ccccc4C(=O)O)cc3)n2)C1. The number of rotatable bonds is 10. The molecule has 4 rings (SSSR count). The molecule has 0 spiro atoms. The molecule has 2 atom stereocenters. The van der Waals surface area contributed by atoms with E-state index in [2.05, 4.69) is 22.1 Å². The van der Waals surface area contributed by atoms with Gasteiger partial charge in [0, 0.05) is 12.3 Å². The minimum absolute atomic E-state index is 0.0395. The maximum absolute atomic E-state index is 13.0. The minimum atomic E-state index is -0.941. The normalized spacial score (nSPS) is 18.0. The molecule has 6 heteroatoms. The zero-order chi connectivity index (χ0) is 23.9. The Kier molecular flexibility index (Phi) is 7.88. The number of carbonyl (C=O) groups is 2. The number of nitrogens with one attached hydrogen (secondary N) is 1. The van der Waals surface area contributed by atoms with Crippen LogP contribution < -0.4 is 0 Å². The number of ketones is 1. The predicted octanol–water partition coefficient (Wildman–Crippen LogP) is 6.33. The highest BCUT2D eigenvalue weighted by molar-refractivity contribution is 5.96. The Morgan fingerprint density at radius 1 is 1.06 bits per heavy atom. The van der Waals surface area contributed by atoms with Gasteiger partial charge in [0.1, 0.15) is 5.82 Å². The predicted molar refractivity (Wildman–Crippen MR) is 132 cm³/mol. The van der Waals surface area contributed by atoms with Crippen LogP contribution in [-0.2, 0) is 6.42 Å². The van der Waals surface area contributed by atoms with Crippen LogP contribution in [0.5, 0.6) is 0 Å². The molecule has 178 valence electrons. The van der Waals surface area contributed by atoms with Gasteiger partial charge in [-0.15, -0.1) is 0 Å². The molecule has 0 bridgehead atoms. The maximum Gasteiger partial charge on any atom is 0.336 e. The standard InChI is InChI=1S/C28H33N3O3/c1-2-3-4-8-19-9-7-10-22(17-19)26(32)27-29-25(30-31-27)18-20-13-15-21(16-14-20)23-11-5-6-12-24(23)28(33)34/h5-6,11-16,19,22H,2-4,7-10,17-18H2,1H3,(H,33,34)(H,29,30,31). The molecule has 1 aliphatic carbocycles. The molecule has 1 aromatic heterocycles. The summed E-state index contributed by atoms with van der Waals surface area (Å²) in [5.74, 6) is 0.792. The van der Waals surface area contributed by atoms with Crippen LogP contribution >= 0.6 is 0 Å². The van der Waals surface area contributed by atoms with E-state index in [1.165, 1.54) is 32.1 Å². The first-order valence-corrected chi connectivity index (χ1v) is 12.4. The van der Waals surface area contributed by atoms with Crippen LogP contribution in [0.1, 0.15) is 90.7 Å². The first-order valence-electron chi connectivity index (χ1n) is 12.4. The Labute approximate surface area is 200 Å². The lowest BCUT2D eigenvalue weighted by atomic mass is 9.77. The van der Waals surface area contributed by atoms with Crippen molar-refractivity contribution in [2.45, 2.75) is 64.7 Å². The van der Waals surface area contributed by atoms with Gasteiger partial charge in [-0.1, -0.05) is 87.9 Å². The number of aromatic nitrogens is 3. The van der Waals surface area contributed by atoms with Crippen molar-refractivity contribution in [2.75, 3.05) is 0 Å². The van der Waals surface area contributed by atoms with Crippen molar-refractivity contribution in [3.8, 4) is 11.1 Å². The Hall–Kier alpha value is -3.28. The van der Waals surface area contributed by atoms with E-state index >= 15 is 0 Å². The maximum atomic E-state index is 13.0. The number of carboxylic acids is 1. The van der Waals surface area contributed by atoms with Crippen LogP contribution in [-0.4, -0.2) is 32.0 Å². The van der Waals surface area contributed by atoms with Gasteiger partial charge in [0.05, 0.1) is 5.56 Å². The molecule has 1 aliphatic rings. The zero-order valence-corrected chi connectivity index (χ0v) is 19.8. The Morgan fingerprint density at radius 2 is 1.85 bits per heavy atom. The third-order valence-corrected chi connectivity index (χ3v) is 6.92. The molecule has 2 N–H and O–H groups in total. The second-order valence-corrected chi connectivity index (χ2v) is 9.42. The van der Waals surface area contributed by atoms with E-state index in [0.29, 0.717) is 29.6 Å². The third kappa shape index (κ3) is 5.79. The van der Waals surface area contributed by atoms with Crippen molar-refractivity contribution >= 4 is 11.8 Å². The van der Waals surface area contributed by atoms with E-state index in [1.807, 2.05) is 36.4 Å². The molecule has 2 unspecified atom stereocenters. The molecule has 0 radical (unpaired) electrons. The molecule has 1 heterocycles. The molecule has 1 saturated carbocycles. The second kappa shape index (κ2) is 11.2. The highest BCUT2D eigenvalue weighted by Gasteiger charge is 2.29. The van der Waals surface area contributed by atoms with E-state index in [-0.39, 0.29) is 17.3 Å². The smallest absolute Gasteiger partial charge is 0.336 e. The number of aromatic amines is 1.